The maximum atomic E-state index is 4.96. The molecule has 0 saturated carbocycles. The van der Waals surface area contributed by atoms with Crippen molar-refractivity contribution in [3.63, 3.8) is 0 Å². The molecule has 0 radical (unpaired) electrons. The quantitative estimate of drug-likeness (QED) is 0.708. The van der Waals surface area contributed by atoms with Gasteiger partial charge in [0.25, 0.3) is 0 Å². The minimum atomic E-state index is 0.338. The van der Waals surface area contributed by atoms with Crippen molar-refractivity contribution in [2.24, 2.45) is 0 Å². The molecule has 0 amide bonds. The van der Waals surface area contributed by atoms with Crippen LogP contribution >= 0.6 is 0 Å². The van der Waals surface area contributed by atoms with Crippen molar-refractivity contribution in [1.29, 1.82) is 0 Å². The Balaban J connectivity index is 1.58. The van der Waals surface area contributed by atoms with Crippen molar-refractivity contribution >= 4 is 0 Å². The predicted octanol–water partition coefficient (Wildman–Crippen LogP) is 3.27. The highest BCUT2D eigenvalue weighted by Gasteiger charge is 2.27. The smallest absolute Gasteiger partial charge is 0.138 e. The van der Waals surface area contributed by atoms with Gasteiger partial charge in [0.1, 0.15) is 17.5 Å². The molecule has 0 unspecified atom stereocenters. The number of rotatable bonds is 5. The van der Waals surface area contributed by atoms with E-state index in [0.717, 1.165) is 54.7 Å². The number of likely N-dealkylation sites (tertiary alicyclic amines) is 1. The molecule has 1 atom stereocenters. The molecule has 3 aromatic rings. The molecule has 4 heterocycles. The van der Waals surface area contributed by atoms with Gasteiger partial charge in [-0.3, -0.25) is 9.47 Å². The maximum Gasteiger partial charge on any atom is 0.138 e. The number of imidazole rings is 1. The molecule has 1 saturated heterocycles. The molecule has 1 fully saturated rings. The first-order valence-corrected chi connectivity index (χ1v) is 9.25. The lowest BCUT2D eigenvalue weighted by atomic mass is 10.1. The Morgan fingerprint density at radius 2 is 2.00 bits per heavy atom. The van der Waals surface area contributed by atoms with Crippen LogP contribution in [-0.2, 0) is 13.0 Å². The van der Waals surface area contributed by atoms with Gasteiger partial charge in [-0.25, -0.2) is 19.9 Å². The van der Waals surface area contributed by atoms with Crippen molar-refractivity contribution in [3.8, 4) is 5.82 Å². The van der Waals surface area contributed by atoms with Gasteiger partial charge in [0.15, 0.2) is 0 Å². The zero-order valence-corrected chi connectivity index (χ0v) is 15.3. The molecule has 0 N–H and O–H groups in total. The second kappa shape index (κ2) is 7.33. The monoisotopic (exact) mass is 348 g/mol. The Morgan fingerprint density at radius 3 is 2.81 bits per heavy atom. The van der Waals surface area contributed by atoms with Crippen molar-refractivity contribution in [1.82, 2.24) is 29.4 Å². The van der Waals surface area contributed by atoms with Gasteiger partial charge in [-0.05, 0) is 38.4 Å². The van der Waals surface area contributed by atoms with Gasteiger partial charge < -0.3 is 0 Å². The first-order valence-electron chi connectivity index (χ1n) is 9.25. The molecule has 6 nitrogen and oxygen atoms in total. The average molecular weight is 348 g/mol. The maximum absolute atomic E-state index is 4.96. The van der Waals surface area contributed by atoms with Crippen LogP contribution in [0.5, 0.6) is 0 Å². The summed E-state index contributed by atoms with van der Waals surface area (Å²) >= 11 is 0. The predicted molar refractivity (Wildman–Crippen MR) is 99.9 cm³/mol. The van der Waals surface area contributed by atoms with Crippen LogP contribution in [0, 0.1) is 6.92 Å². The van der Waals surface area contributed by atoms with E-state index in [2.05, 4.69) is 49.5 Å². The Morgan fingerprint density at radius 1 is 1.15 bits per heavy atom. The lowest BCUT2D eigenvalue weighted by Gasteiger charge is -2.24. The van der Waals surface area contributed by atoms with Crippen molar-refractivity contribution < 1.29 is 0 Å². The highest BCUT2D eigenvalue weighted by molar-refractivity contribution is 5.28. The van der Waals surface area contributed by atoms with E-state index >= 15 is 0 Å². The minimum Gasteiger partial charge on any atom is -0.290 e. The fourth-order valence-corrected chi connectivity index (χ4v) is 3.65. The zero-order valence-electron chi connectivity index (χ0n) is 15.3. The van der Waals surface area contributed by atoms with Gasteiger partial charge in [-0.15, -0.1) is 0 Å². The fourth-order valence-electron chi connectivity index (χ4n) is 3.65. The molecular weight excluding hydrogens is 324 g/mol. The van der Waals surface area contributed by atoms with E-state index < -0.39 is 0 Å². The summed E-state index contributed by atoms with van der Waals surface area (Å²) in [5, 5.41) is 0. The normalized spacial score (nSPS) is 17.7. The van der Waals surface area contributed by atoms with Crippen molar-refractivity contribution in [3.05, 3.63) is 65.9 Å². The van der Waals surface area contributed by atoms with Crippen LogP contribution in [0.25, 0.3) is 5.82 Å². The summed E-state index contributed by atoms with van der Waals surface area (Å²) in [6.07, 6.45) is 10.9. The zero-order chi connectivity index (χ0) is 17.9. The molecule has 6 heteroatoms. The van der Waals surface area contributed by atoms with E-state index in [-0.39, 0.29) is 0 Å². The summed E-state index contributed by atoms with van der Waals surface area (Å²) in [6, 6.07) is 6.63. The summed E-state index contributed by atoms with van der Waals surface area (Å²) < 4.78 is 2.08. The molecule has 134 valence electrons. The molecular formula is C20H24N6. The molecule has 4 rings (SSSR count). The Hall–Kier alpha value is -2.60. The minimum absolute atomic E-state index is 0.338. The van der Waals surface area contributed by atoms with E-state index in [0.29, 0.717) is 6.04 Å². The largest absolute Gasteiger partial charge is 0.290 e. The van der Waals surface area contributed by atoms with Crippen molar-refractivity contribution in [2.75, 3.05) is 6.54 Å². The van der Waals surface area contributed by atoms with E-state index in [1.54, 1.807) is 0 Å². The average Bonchev–Trinajstić information content (AvgIpc) is 3.33. The Kier molecular flexibility index (Phi) is 4.75. The summed E-state index contributed by atoms with van der Waals surface area (Å²) in [7, 11) is 0. The topological polar surface area (TPSA) is 59.7 Å². The Labute approximate surface area is 154 Å². The van der Waals surface area contributed by atoms with E-state index in [1.807, 2.05) is 31.7 Å². The molecule has 1 aliphatic heterocycles. The first-order chi connectivity index (χ1) is 12.7. The van der Waals surface area contributed by atoms with E-state index in [4.69, 9.17) is 4.98 Å². The highest BCUT2D eigenvalue weighted by atomic mass is 15.2. The van der Waals surface area contributed by atoms with Gasteiger partial charge in [0.05, 0.1) is 11.7 Å². The van der Waals surface area contributed by atoms with E-state index in [1.165, 1.54) is 6.42 Å². The van der Waals surface area contributed by atoms with Crippen LogP contribution in [-0.4, -0.2) is 35.9 Å². The van der Waals surface area contributed by atoms with Gasteiger partial charge in [0.2, 0.25) is 0 Å². The summed E-state index contributed by atoms with van der Waals surface area (Å²) in [5.41, 5.74) is 2.28. The lowest BCUT2D eigenvalue weighted by Crippen LogP contribution is -2.24. The second-order valence-electron chi connectivity index (χ2n) is 6.75. The van der Waals surface area contributed by atoms with Crippen LogP contribution in [0.1, 0.15) is 48.7 Å². The second-order valence-corrected chi connectivity index (χ2v) is 6.75. The number of nitrogens with zero attached hydrogens (tertiary/aromatic N) is 6. The van der Waals surface area contributed by atoms with E-state index in [9.17, 15) is 0 Å². The third kappa shape index (κ3) is 3.37. The lowest BCUT2D eigenvalue weighted by molar-refractivity contribution is 0.244. The number of pyridine rings is 1. The Bertz CT molecular complexity index is 870. The molecule has 26 heavy (non-hydrogen) atoms. The van der Waals surface area contributed by atoms with Crippen LogP contribution in [0.3, 0.4) is 0 Å². The van der Waals surface area contributed by atoms with Crippen molar-refractivity contribution in [2.45, 2.75) is 45.7 Å². The summed E-state index contributed by atoms with van der Waals surface area (Å²) in [5.74, 6) is 2.80. The van der Waals surface area contributed by atoms with Crippen LogP contribution in [0.2, 0.25) is 0 Å². The SMILES string of the molecule is CCc1nccn1-c1cccc([C@@H]2CCCN2Cc2cnc(C)nc2)n1. The van der Waals surface area contributed by atoms with Crippen LogP contribution in [0.15, 0.2) is 43.0 Å². The number of hydrogen-bond donors (Lipinski definition) is 0. The third-order valence-electron chi connectivity index (χ3n) is 4.96. The molecule has 0 bridgehead atoms. The molecule has 0 aromatic carbocycles. The summed E-state index contributed by atoms with van der Waals surface area (Å²) in [6.45, 7) is 5.97. The van der Waals surface area contributed by atoms with Gasteiger partial charge >= 0.3 is 0 Å². The van der Waals surface area contributed by atoms with Crippen LogP contribution in [0.4, 0.5) is 0 Å². The number of aromatic nitrogens is 5. The fraction of sp³-hybridized carbons (Fsp3) is 0.400. The van der Waals surface area contributed by atoms with Crippen LogP contribution < -0.4 is 0 Å². The molecule has 1 aliphatic rings. The summed E-state index contributed by atoms with van der Waals surface area (Å²) in [4.78, 5) is 20.5. The van der Waals surface area contributed by atoms with Gasteiger partial charge in [-0.2, -0.15) is 0 Å². The number of hydrogen-bond acceptors (Lipinski definition) is 5. The van der Waals surface area contributed by atoms with Gasteiger partial charge in [-0.1, -0.05) is 13.0 Å². The molecule has 0 aliphatic carbocycles. The first kappa shape index (κ1) is 16.8. The highest BCUT2D eigenvalue weighted by Crippen LogP contribution is 2.32. The third-order valence-corrected chi connectivity index (χ3v) is 4.96. The molecule has 3 aromatic heterocycles. The van der Waals surface area contributed by atoms with Gasteiger partial charge in [0, 0.05) is 43.3 Å². The molecule has 0 spiro atoms. The standard InChI is InChI=1S/C20H24N6/c1-3-19-21-9-11-26(19)20-8-4-6-17(24-20)18-7-5-10-25(18)14-16-12-22-15(2)23-13-16/h4,6,8-9,11-13,18H,3,5,7,10,14H2,1-2H3/t18-/m0/s1. The number of aryl methyl sites for hydroxylation is 2.